The van der Waals surface area contributed by atoms with E-state index in [2.05, 4.69) is 5.32 Å². The molecule has 22 heavy (non-hydrogen) atoms. The van der Waals surface area contributed by atoms with E-state index in [1.807, 2.05) is 31.2 Å². The second-order valence-electron chi connectivity index (χ2n) is 5.05. The second-order valence-corrected chi connectivity index (χ2v) is 5.05. The van der Waals surface area contributed by atoms with Crippen molar-refractivity contribution in [1.29, 1.82) is 0 Å². The van der Waals surface area contributed by atoms with Crippen molar-refractivity contribution >= 4 is 11.8 Å². The van der Waals surface area contributed by atoms with Crippen LogP contribution in [-0.2, 0) is 14.3 Å². The molecule has 6 heteroatoms. The van der Waals surface area contributed by atoms with Gasteiger partial charge in [0.1, 0.15) is 5.75 Å². The average molecular weight is 308 g/mol. The van der Waals surface area contributed by atoms with Crippen LogP contribution in [0.15, 0.2) is 24.3 Å². The highest BCUT2D eigenvalue weighted by atomic mass is 16.5. The van der Waals surface area contributed by atoms with Crippen LogP contribution in [0.25, 0.3) is 0 Å². The van der Waals surface area contributed by atoms with Gasteiger partial charge in [0.15, 0.2) is 6.61 Å². The van der Waals surface area contributed by atoms with Crippen LogP contribution in [0.5, 0.6) is 5.75 Å². The van der Waals surface area contributed by atoms with Crippen molar-refractivity contribution < 1.29 is 19.1 Å². The molecule has 0 spiro atoms. The van der Waals surface area contributed by atoms with Crippen molar-refractivity contribution in [2.45, 2.75) is 13.3 Å². The molecule has 0 atom stereocenters. The number of amides is 2. The number of rotatable bonds is 9. The van der Waals surface area contributed by atoms with Crippen molar-refractivity contribution in [2.24, 2.45) is 0 Å². The Bertz CT molecular complexity index is 474. The summed E-state index contributed by atoms with van der Waals surface area (Å²) < 4.78 is 10.3. The summed E-state index contributed by atoms with van der Waals surface area (Å²) in [6.45, 7) is 3.04. The fourth-order valence-electron chi connectivity index (χ4n) is 1.69. The van der Waals surface area contributed by atoms with E-state index >= 15 is 0 Å². The molecule has 6 nitrogen and oxygen atoms in total. The summed E-state index contributed by atoms with van der Waals surface area (Å²) >= 11 is 0. The number of ether oxygens (including phenoxy) is 2. The molecule has 1 aromatic rings. The lowest BCUT2D eigenvalue weighted by atomic mass is 10.2. The molecular weight excluding hydrogens is 284 g/mol. The van der Waals surface area contributed by atoms with E-state index in [-0.39, 0.29) is 25.0 Å². The molecule has 0 heterocycles. The quantitative estimate of drug-likeness (QED) is 0.691. The van der Waals surface area contributed by atoms with Crippen molar-refractivity contribution in [3.63, 3.8) is 0 Å². The summed E-state index contributed by atoms with van der Waals surface area (Å²) in [5.74, 6) is 0.200. The Balaban J connectivity index is 2.26. The third-order valence-electron chi connectivity index (χ3n) is 3.04. The van der Waals surface area contributed by atoms with E-state index in [4.69, 9.17) is 9.47 Å². The van der Waals surface area contributed by atoms with Crippen molar-refractivity contribution in [1.82, 2.24) is 10.2 Å². The second kappa shape index (κ2) is 9.78. The lowest BCUT2D eigenvalue weighted by Crippen LogP contribution is -2.40. The third kappa shape index (κ3) is 7.08. The zero-order chi connectivity index (χ0) is 16.4. The van der Waals surface area contributed by atoms with E-state index in [1.54, 1.807) is 14.2 Å². The lowest BCUT2D eigenvalue weighted by molar-refractivity contribution is -0.136. The van der Waals surface area contributed by atoms with Crippen LogP contribution in [0.4, 0.5) is 0 Å². The predicted octanol–water partition coefficient (Wildman–Crippen LogP) is 0.985. The van der Waals surface area contributed by atoms with Gasteiger partial charge in [-0.15, -0.1) is 0 Å². The van der Waals surface area contributed by atoms with E-state index < -0.39 is 0 Å². The number of nitrogens with zero attached hydrogens (tertiary/aromatic N) is 1. The average Bonchev–Trinajstić information content (AvgIpc) is 2.50. The molecule has 0 aliphatic heterocycles. The number of hydrogen-bond acceptors (Lipinski definition) is 4. The Kier molecular flexibility index (Phi) is 7.99. The summed E-state index contributed by atoms with van der Waals surface area (Å²) in [4.78, 5) is 24.9. The fraction of sp³-hybridized carbons (Fsp3) is 0.500. The zero-order valence-electron chi connectivity index (χ0n) is 13.4. The summed E-state index contributed by atoms with van der Waals surface area (Å²) in [6, 6.07) is 7.45. The van der Waals surface area contributed by atoms with E-state index in [0.29, 0.717) is 18.9 Å². The van der Waals surface area contributed by atoms with Gasteiger partial charge in [-0.3, -0.25) is 9.59 Å². The Morgan fingerprint density at radius 3 is 2.55 bits per heavy atom. The van der Waals surface area contributed by atoms with Gasteiger partial charge < -0.3 is 19.7 Å². The van der Waals surface area contributed by atoms with Gasteiger partial charge in [0.05, 0.1) is 6.54 Å². The van der Waals surface area contributed by atoms with Crippen LogP contribution >= 0.6 is 0 Å². The molecular formula is C16H24N2O4. The van der Waals surface area contributed by atoms with Gasteiger partial charge in [0.25, 0.3) is 5.91 Å². The molecule has 0 aliphatic rings. The molecule has 0 radical (unpaired) electrons. The maximum Gasteiger partial charge on any atom is 0.260 e. The summed E-state index contributed by atoms with van der Waals surface area (Å²) in [6.07, 6.45) is 0.746. The first-order chi connectivity index (χ1) is 10.5. The molecule has 2 amide bonds. The Morgan fingerprint density at radius 2 is 1.91 bits per heavy atom. The Morgan fingerprint density at radius 1 is 1.23 bits per heavy atom. The van der Waals surface area contributed by atoms with E-state index in [0.717, 1.165) is 12.0 Å². The molecule has 0 saturated carbocycles. The Hall–Kier alpha value is -2.08. The lowest BCUT2D eigenvalue weighted by Gasteiger charge is -2.17. The van der Waals surface area contributed by atoms with Crippen molar-refractivity contribution in [3.05, 3.63) is 29.8 Å². The third-order valence-corrected chi connectivity index (χ3v) is 3.04. The van der Waals surface area contributed by atoms with Gasteiger partial charge in [0, 0.05) is 27.3 Å². The first-order valence-electron chi connectivity index (χ1n) is 7.22. The standard InChI is InChI=1S/C16H24N2O4/c1-13-5-7-14(8-6-13)22-12-16(20)18(2)11-15(19)17-9-4-10-21-3/h5-8H,4,9-12H2,1-3H3,(H,17,19). The van der Waals surface area contributed by atoms with Crippen LogP contribution in [0.1, 0.15) is 12.0 Å². The molecule has 0 bridgehead atoms. The number of hydrogen-bond donors (Lipinski definition) is 1. The molecule has 0 unspecified atom stereocenters. The zero-order valence-corrected chi connectivity index (χ0v) is 13.4. The van der Waals surface area contributed by atoms with Gasteiger partial charge in [-0.25, -0.2) is 0 Å². The minimum atomic E-state index is -0.243. The minimum Gasteiger partial charge on any atom is -0.484 e. The largest absolute Gasteiger partial charge is 0.484 e. The van der Waals surface area contributed by atoms with Gasteiger partial charge in [0.2, 0.25) is 5.91 Å². The van der Waals surface area contributed by atoms with Crippen molar-refractivity contribution in [3.8, 4) is 5.75 Å². The molecule has 1 N–H and O–H groups in total. The number of methoxy groups -OCH3 is 1. The van der Waals surface area contributed by atoms with Gasteiger partial charge in [-0.2, -0.15) is 0 Å². The fourth-order valence-corrected chi connectivity index (χ4v) is 1.69. The maximum absolute atomic E-state index is 11.9. The molecule has 0 aromatic heterocycles. The number of carbonyl (C=O) groups excluding carboxylic acids is 2. The van der Waals surface area contributed by atoms with Gasteiger partial charge >= 0.3 is 0 Å². The van der Waals surface area contributed by atoms with Crippen molar-refractivity contribution in [2.75, 3.05) is 40.5 Å². The van der Waals surface area contributed by atoms with Crippen LogP contribution in [-0.4, -0.2) is 57.2 Å². The Labute approximate surface area is 131 Å². The van der Waals surface area contributed by atoms with Crippen LogP contribution in [0.3, 0.4) is 0 Å². The monoisotopic (exact) mass is 308 g/mol. The number of likely N-dealkylation sites (N-methyl/N-ethyl adjacent to an activating group) is 1. The SMILES string of the molecule is COCCCNC(=O)CN(C)C(=O)COc1ccc(C)cc1. The number of benzene rings is 1. The van der Waals surface area contributed by atoms with E-state index in [9.17, 15) is 9.59 Å². The summed E-state index contributed by atoms with van der Waals surface area (Å²) in [5, 5.41) is 2.73. The maximum atomic E-state index is 11.9. The number of aryl methyl sites for hydroxylation is 1. The smallest absolute Gasteiger partial charge is 0.260 e. The summed E-state index contributed by atoms with van der Waals surface area (Å²) in [7, 11) is 3.19. The summed E-state index contributed by atoms with van der Waals surface area (Å²) in [5.41, 5.74) is 1.13. The van der Waals surface area contributed by atoms with Crippen LogP contribution in [0, 0.1) is 6.92 Å². The van der Waals surface area contributed by atoms with E-state index in [1.165, 1.54) is 4.90 Å². The molecule has 0 fully saturated rings. The highest BCUT2D eigenvalue weighted by Gasteiger charge is 2.13. The van der Waals surface area contributed by atoms with Crippen LogP contribution < -0.4 is 10.1 Å². The first-order valence-corrected chi connectivity index (χ1v) is 7.22. The minimum absolute atomic E-state index is 0.0169. The predicted molar refractivity (Wildman–Crippen MR) is 83.8 cm³/mol. The number of carbonyl (C=O) groups is 2. The molecule has 0 saturated heterocycles. The topological polar surface area (TPSA) is 67.9 Å². The van der Waals surface area contributed by atoms with Gasteiger partial charge in [-0.1, -0.05) is 17.7 Å². The van der Waals surface area contributed by atoms with Crippen LogP contribution in [0.2, 0.25) is 0 Å². The first kappa shape index (κ1) is 18.0. The normalized spacial score (nSPS) is 10.1. The highest BCUT2D eigenvalue weighted by Crippen LogP contribution is 2.11. The highest BCUT2D eigenvalue weighted by molar-refractivity contribution is 5.85. The molecule has 122 valence electrons. The molecule has 0 aliphatic carbocycles. The number of nitrogens with one attached hydrogen (secondary N) is 1. The molecule has 1 rings (SSSR count). The van der Waals surface area contributed by atoms with Gasteiger partial charge in [-0.05, 0) is 25.5 Å². The molecule has 1 aromatic carbocycles.